The highest BCUT2D eigenvalue weighted by Gasteiger charge is 2.11. The maximum atomic E-state index is 7.39. The molecule has 0 fully saturated rings. The first-order valence-corrected chi connectivity index (χ1v) is 3.77. The van der Waals surface area contributed by atoms with Crippen molar-refractivity contribution >= 4 is 17.5 Å². The highest BCUT2D eigenvalue weighted by atomic mass is 35.5. The van der Waals surface area contributed by atoms with Crippen LogP contribution in [0.1, 0.15) is 5.56 Å². The van der Waals surface area contributed by atoms with Crippen LogP contribution in [0.3, 0.4) is 0 Å². The van der Waals surface area contributed by atoms with Crippen LogP contribution in [-0.2, 0) is 4.74 Å². The topological polar surface area (TPSA) is 68.1 Å². The molecule has 0 atom stereocenters. The normalized spacial score (nSPS) is 9.46. The van der Waals surface area contributed by atoms with Gasteiger partial charge in [0.05, 0.1) is 14.2 Å². The van der Waals surface area contributed by atoms with Crippen molar-refractivity contribution in [3.05, 3.63) is 16.8 Å². The largest absolute Gasteiger partial charge is 0.481 e. The second-order valence-electron chi connectivity index (χ2n) is 2.12. The number of nitrogens with zero attached hydrogens (tertiary/aromatic N) is 2. The zero-order valence-corrected chi connectivity index (χ0v) is 7.92. The molecule has 1 rings (SSSR count). The molecule has 0 spiro atoms. The van der Waals surface area contributed by atoms with Crippen LogP contribution in [0.15, 0.2) is 6.07 Å². The van der Waals surface area contributed by atoms with Crippen LogP contribution in [0.2, 0.25) is 5.15 Å². The molecule has 0 radical (unpaired) electrons. The molecule has 1 aromatic rings. The van der Waals surface area contributed by atoms with E-state index < -0.39 is 0 Å². The summed E-state index contributed by atoms with van der Waals surface area (Å²) in [7, 11) is 2.82. The predicted molar refractivity (Wildman–Crippen MR) is 47.4 cm³/mol. The fraction of sp³-hybridized carbons (Fsp3) is 0.286. The summed E-state index contributed by atoms with van der Waals surface area (Å²) in [5.41, 5.74) is 0.380. The maximum Gasteiger partial charge on any atom is 0.246 e. The van der Waals surface area contributed by atoms with Crippen molar-refractivity contribution in [3.8, 4) is 5.88 Å². The Labute approximate surface area is 80.1 Å². The number of halogens is 1. The fourth-order valence-corrected chi connectivity index (χ4v) is 0.927. The molecule has 70 valence electrons. The Hall–Kier alpha value is -1.36. The van der Waals surface area contributed by atoms with Gasteiger partial charge in [-0.3, -0.25) is 5.41 Å². The predicted octanol–water partition coefficient (Wildman–Crippen LogP) is 1.11. The molecule has 1 heterocycles. The second kappa shape index (κ2) is 4.04. The lowest BCUT2D eigenvalue weighted by atomic mass is 10.3. The fourth-order valence-electron chi connectivity index (χ4n) is 0.780. The molecule has 1 N–H and O–H groups in total. The average molecular weight is 202 g/mol. The van der Waals surface area contributed by atoms with E-state index in [9.17, 15) is 0 Å². The summed E-state index contributed by atoms with van der Waals surface area (Å²) in [5.74, 6) is 0.157. The molecule has 13 heavy (non-hydrogen) atoms. The van der Waals surface area contributed by atoms with Crippen molar-refractivity contribution in [1.29, 1.82) is 5.41 Å². The minimum absolute atomic E-state index is 0.0614. The standard InChI is InChI=1S/C7H8ClN3O2/c1-12-6(9)4-3-5(8)10-11-7(4)13-2/h3,9H,1-2H3. The zero-order valence-electron chi connectivity index (χ0n) is 7.17. The molecule has 0 unspecified atom stereocenters. The Balaban J connectivity index is 3.15. The van der Waals surface area contributed by atoms with E-state index in [1.54, 1.807) is 0 Å². The first kappa shape index (κ1) is 9.73. The van der Waals surface area contributed by atoms with Gasteiger partial charge in [0.25, 0.3) is 0 Å². The molecule has 0 aliphatic heterocycles. The van der Waals surface area contributed by atoms with Gasteiger partial charge in [-0.15, -0.1) is 10.2 Å². The van der Waals surface area contributed by atoms with E-state index in [4.69, 9.17) is 26.5 Å². The Morgan fingerprint density at radius 2 is 2.15 bits per heavy atom. The van der Waals surface area contributed by atoms with Crippen LogP contribution in [0.25, 0.3) is 0 Å². The Morgan fingerprint density at radius 1 is 1.46 bits per heavy atom. The Morgan fingerprint density at radius 3 is 2.69 bits per heavy atom. The molecular formula is C7H8ClN3O2. The van der Waals surface area contributed by atoms with Gasteiger partial charge in [0.2, 0.25) is 11.8 Å². The molecule has 0 bridgehead atoms. The first-order chi connectivity index (χ1) is 6.19. The number of aromatic nitrogens is 2. The van der Waals surface area contributed by atoms with Gasteiger partial charge in [-0.1, -0.05) is 11.6 Å². The maximum absolute atomic E-state index is 7.39. The number of nitrogens with one attached hydrogen (secondary N) is 1. The zero-order chi connectivity index (χ0) is 9.84. The van der Waals surface area contributed by atoms with Crippen LogP contribution in [0.4, 0.5) is 0 Å². The smallest absolute Gasteiger partial charge is 0.246 e. The van der Waals surface area contributed by atoms with Gasteiger partial charge in [0.1, 0.15) is 5.56 Å². The number of methoxy groups -OCH3 is 2. The molecule has 0 aliphatic carbocycles. The molecule has 0 amide bonds. The molecule has 0 aromatic carbocycles. The number of hydrogen-bond donors (Lipinski definition) is 1. The summed E-state index contributed by atoms with van der Waals surface area (Å²) in [6.07, 6.45) is 0. The average Bonchev–Trinajstić information content (AvgIpc) is 2.16. The van der Waals surface area contributed by atoms with Gasteiger partial charge in [-0.25, -0.2) is 0 Å². The highest BCUT2D eigenvalue weighted by Crippen LogP contribution is 2.17. The van der Waals surface area contributed by atoms with Crippen molar-refractivity contribution in [2.45, 2.75) is 0 Å². The molecule has 0 saturated heterocycles. The van der Waals surface area contributed by atoms with Gasteiger partial charge in [0.15, 0.2) is 5.15 Å². The molecule has 6 heteroatoms. The van der Waals surface area contributed by atoms with Crippen LogP contribution in [0.5, 0.6) is 5.88 Å². The first-order valence-electron chi connectivity index (χ1n) is 3.39. The molecule has 0 saturated carbocycles. The quantitative estimate of drug-likeness (QED) is 0.575. The van der Waals surface area contributed by atoms with Crippen LogP contribution >= 0.6 is 11.6 Å². The third kappa shape index (κ3) is 2.06. The van der Waals surface area contributed by atoms with Crippen LogP contribution in [-0.4, -0.2) is 30.3 Å². The second-order valence-corrected chi connectivity index (χ2v) is 2.51. The Kier molecular flexibility index (Phi) is 3.02. The van der Waals surface area contributed by atoms with Crippen LogP contribution in [0, 0.1) is 5.41 Å². The van der Waals surface area contributed by atoms with E-state index in [1.807, 2.05) is 0 Å². The number of rotatable bonds is 2. The minimum Gasteiger partial charge on any atom is -0.481 e. The van der Waals surface area contributed by atoms with Crippen molar-refractivity contribution in [2.24, 2.45) is 0 Å². The third-order valence-corrected chi connectivity index (χ3v) is 1.56. The summed E-state index contributed by atoms with van der Waals surface area (Å²) < 4.78 is 9.58. The summed E-state index contributed by atoms with van der Waals surface area (Å²) in [5, 5.41) is 14.8. The number of hydrogen-bond acceptors (Lipinski definition) is 5. The van der Waals surface area contributed by atoms with Crippen LogP contribution < -0.4 is 4.74 Å². The molecule has 0 aliphatic rings. The van der Waals surface area contributed by atoms with Gasteiger partial charge in [-0.05, 0) is 6.07 Å². The molecule has 1 aromatic heterocycles. The lowest BCUT2D eigenvalue weighted by Crippen LogP contribution is -2.06. The van der Waals surface area contributed by atoms with E-state index in [-0.39, 0.29) is 16.9 Å². The van der Waals surface area contributed by atoms with Gasteiger partial charge >= 0.3 is 0 Å². The summed E-state index contributed by atoms with van der Waals surface area (Å²) in [6.45, 7) is 0. The minimum atomic E-state index is -0.0614. The van der Waals surface area contributed by atoms with Gasteiger partial charge in [0, 0.05) is 0 Å². The van der Waals surface area contributed by atoms with Gasteiger partial charge < -0.3 is 9.47 Å². The lowest BCUT2D eigenvalue weighted by molar-refractivity contribution is 0.375. The number of ether oxygens (including phenoxy) is 2. The van der Waals surface area contributed by atoms with Crippen molar-refractivity contribution < 1.29 is 9.47 Å². The third-order valence-electron chi connectivity index (χ3n) is 1.37. The van der Waals surface area contributed by atoms with E-state index in [0.717, 1.165) is 0 Å². The summed E-state index contributed by atoms with van der Waals surface area (Å²) in [6, 6.07) is 1.46. The summed E-state index contributed by atoms with van der Waals surface area (Å²) >= 11 is 5.59. The SMILES string of the molecule is COC(=N)c1cc(Cl)nnc1OC. The monoisotopic (exact) mass is 201 g/mol. The van der Waals surface area contributed by atoms with Crippen molar-refractivity contribution in [1.82, 2.24) is 10.2 Å². The molecular weight excluding hydrogens is 194 g/mol. The van der Waals surface area contributed by atoms with Crippen molar-refractivity contribution in [2.75, 3.05) is 14.2 Å². The van der Waals surface area contributed by atoms with Crippen molar-refractivity contribution in [3.63, 3.8) is 0 Å². The van der Waals surface area contributed by atoms with E-state index >= 15 is 0 Å². The van der Waals surface area contributed by atoms with E-state index in [0.29, 0.717) is 5.56 Å². The van der Waals surface area contributed by atoms with E-state index in [2.05, 4.69) is 10.2 Å². The molecule has 5 nitrogen and oxygen atoms in total. The Bertz CT molecular complexity index is 330. The highest BCUT2D eigenvalue weighted by molar-refractivity contribution is 6.29. The van der Waals surface area contributed by atoms with Gasteiger partial charge in [-0.2, -0.15) is 0 Å². The van der Waals surface area contributed by atoms with E-state index in [1.165, 1.54) is 20.3 Å². The summed E-state index contributed by atoms with van der Waals surface area (Å²) in [4.78, 5) is 0. The lowest BCUT2D eigenvalue weighted by Gasteiger charge is -2.06.